The van der Waals surface area contributed by atoms with E-state index >= 15 is 0 Å². The Labute approximate surface area is 177 Å². The van der Waals surface area contributed by atoms with Gasteiger partial charge in [-0.05, 0) is 61.3 Å². The number of likely N-dealkylation sites (tertiary alicyclic amines) is 1. The molecule has 0 aromatic heterocycles. The van der Waals surface area contributed by atoms with Gasteiger partial charge in [0.2, 0.25) is 6.79 Å². The van der Waals surface area contributed by atoms with Crippen molar-refractivity contribution in [2.45, 2.75) is 32.4 Å². The number of carbonyl (C=O) groups is 1. The Hall–Kier alpha value is -2.93. The molecule has 7 nitrogen and oxygen atoms in total. The largest absolute Gasteiger partial charge is 0.497 e. The van der Waals surface area contributed by atoms with E-state index < -0.39 is 0 Å². The molecular formula is C23H29N3O4. The maximum Gasteiger partial charge on any atom is 0.322 e. The van der Waals surface area contributed by atoms with Crippen LogP contribution in [0.5, 0.6) is 17.2 Å². The molecule has 2 aromatic carbocycles. The smallest absolute Gasteiger partial charge is 0.322 e. The van der Waals surface area contributed by atoms with E-state index in [4.69, 9.17) is 14.2 Å². The van der Waals surface area contributed by atoms with Crippen molar-refractivity contribution in [2.24, 2.45) is 0 Å². The molecule has 0 aliphatic carbocycles. The summed E-state index contributed by atoms with van der Waals surface area (Å²) in [6.45, 7) is 6.02. The minimum Gasteiger partial charge on any atom is -0.497 e. The van der Waals surface area contributed by atoms with Crippen molar-refractivity contribution in [1.29, 1.82) is 0 Å². The average Bonchev–Trinajstić information content (AvgIpc) is 3.26. The van der Waals surface area contributed by atoms with E-state index in [1.54, 1.807) is 7.11 Å². The second-order valence-corrected chi connectivity index (χ2v) is 7.64. The van der Waals surface area contributed by atoms with Crippen molar-refractivity contribution in [1.82, 2.24) is 9.80 Å². The van der Waals surface area contributed by atoms with Gasteiger partial charge in [0.15, 0.2) is 11.5 Å². The molecule has 160 valence electrons. The first-order chi connectivity index (χ1) is 14.7. The van der Waals surface area contributed by atoms with Gasteiger partial charge in [-0.2, -0.15) is 0 Å². The number of urea groups is 1. The van der Waals surface area contributed by atoms with Gasteiger partial charge < -0.3 is 29.3 Å². The van der Waals surface area contributed by atoms with Crippen molar-refractivity contribution in [3.05, 3.63) is 48.0 Å². The molecular weight excluding hydrogens is 382 g/mol. The number of fused-ring (bicyclic) bond motifs is 1. The van der Waals surface area contributed by atoms with Gasteiger partial charge in [0.25, 0.3) is 0 Å². The number of rotatable bonds is 6. The van der Waals surface area contributed by atoms with Crippen LogP contribution in [0.25, 0.3) is 0 Å². The lowest BCUT2D eigenvalue weighted by Gasteiger charge is -2.38. The predicted octanol–water partition coefficient (Wildman–Crippen LogP) is 3.94. The van der Waals surface area contributed by atoms with Gasteiger partial charge in [0.05, 0.1) is 7.11 Å². The van der Waals surface area contributed by atoms with Crippen LogP contribution in [0.3, 0.4) is 0 Å². The van der Waals surface area contributed by atoms with E-state index in [9.17, 15) is 4.79 Å². The number of nitrogens with zero attached hydrogens (tertiary/aromatic N) is 2. The average molecular weight is 412 g/mol. The first kappa shape index (κ1) is 20.3. The summed E-state index contributed by atoms with van der Waals surface area (Å²) in [5.41, 5.74) is 1.78. The molecule has 7 heteroatoms. The molecule has 30 heavy (non-hydrogen) atoms. The van der Waals surface area contributed by atoms with E-state index in [0.29, 0.717) is 6.54 Å². The Morgan fingerprint density at radius 2 is 1.87 bits per heavy atom. The number of amides is 2. The number of methoxy groups -OCH3 is 1. The molecule has 4 rings (SSSR count). The van der Waals surface area contributed by atoms with E-state index in [0.717, 1.165) is 61.0 Å². The van der Waals surface area contributed by atoms with Gasteiger partial charge in [-0.15, -0.1) is 0 Å². The molecule has 2 aliphatic rings. The van der Waals surface area contributed by atoms with Crippen molar-refractivity contribution in [3.8, 4) is 17.2 Å². The van der Waals surface area contributed by atoms with Gasteiger partial charge in [0, 0.05) is 31.4 Å². The standard InChI is InChI=1S/C23H29N3O4/c1-3-25-12-10-19(11-13-25)26(15-17-4-9-21-22(14-17)30-16-29-21)23(27)24-18-5-7-20(28-2)8-6-18/h4-9,14,19H,3,10-13,15-16H2,1-2H3,(H,24,27). The quantitative estimate of drug-likeness (QED) is 0.780. The number of ether oxygens (including phenoxy) is 3. The summed E-state index contributed by atoms with van der Waals surface area (Å²) in [6.07, 6.45) is 1.93. The third-order valence-corrected chi connectivity index (χ3v) is 5.84. The third-order valence-electron chi connectivity index (χ3n) is 5.84. The van der Waals surface area contributed by atoms with E-state index in [2.05, 4.69) is 17.1 Å². The van der Waals surface area contributed by atoms with Crippen LogP contribution < -0.4 is 19.5 Å². The number of hydrogen-bond donors (Lipinski definition) is 1. The normalized spacial score (nSPS) is 16.3. The van der Waals surface area contributed by atoms with Crippen LogP contribution in [-0.2, 0) is 6.54 Å². The van der Waals surface area contributed by atoms with Crippen molar-refractivity contribution >= 4 is 11.7 Å². The lowest BCUT2D eigenvalue weighted by Crippen LogP contribution is -2.48. The molecule has 1 saturated heterocycles. The SMILES string of the molecule is CCN1CCC(N(Cc2ccc3c(c2)OCO3)C(=O)Nc2ccc(OC)cc2)CC1. The molecule has 1 N–H and O–H groups in total. The molecule has 2 heterocycles. The van der Waals surface area contributed by atoms with Crippen LogP contribution >= 0.6 is 0 Å². The zero-order chi connectivity index (χ0) is 20.9. The number of piperidine rings is 1. The Morgan fingerprint density at radius 1 is 1.13 bits per heavy atom. The van der Waals surface area contributed by atoms with Crippen LogP contribution in [0.4, 0.5) is 10.5 Å². The number of nitrogens with one attached hydrogen (secondary N) is 1. The highest BCUT2D eigenvalue weighted by molar-refractivity contribution is 5.89. The fraction of sp³-hybridized carbons (Fsp3) is 0.435. The zero-order valence-electron chi connectivity index (χ0n) is 17.6. The molecule has 1 fully saturated rings. The number of carbonyl (C=O) groups excluding carboxylic acids is 1. The zero-order valence-corrected chi connectivity index (χ0v) is 17.6. The fourth-order valence-electron chi connectivity index (χ4n) is 4.02. The minimum absolute atomic E-state index is 0.0900. The van der Waals surface area contributed by atoms with E-state index in [1.807, 2.05) is 47.4 Å². The molecule has 0 spiro atoms. The Morgan fingerprint density at radius 3 is 2.57 bits per heavy atom. The Kier molecular flexibility index (Phi) is 6.28. The fourth-order valence-corrected chi connectivity index (χ4v) is 4.02. The summed E-state index contributed by atoms with van der Waals surface area (Å²) in [5.74, 6) is 2.25. The molecule has 0 unspecified atom stereocenters. The van der Waals surface area contributed by atoms with Crippen LogP contribution in [0.15, 0.2) is 42.5 Å². The van der Waals surface area contributed by atoms with E-state index in [1.165, 1.54) is 0 Å². The lowest BCUT2D eigenvalue weighted by molar-refractivity contribution is 0.126. The maximum absolute atomic E-state index is 13.3. The van der Waals surface area contributed by atoms with Gasteiger partial charge in [-0.3, -0.25) is 0 Å². The first-order valence-corrected chi connectivity index (χ1v) is 10.5. The maximum atomic E-state index is 13.3. The molecule has 0 saturated carbocycles. The highest BCUT2D eigenvalue weighted by Gasteiger charge is 2.28. The molecule has 2 amide bonds. The molecule has 2 aliphatic heterocycles. The molecule has 2 aromatic rings. The van der Waals surface area contributed by atoms with Gasteiger partial charge in [-0.1, -0.05) is 13.0 Å². The Balaban J connectivity index is 1.50. The van der Waals surface area contributed by atoms with Gasteiger partial charge in [-0.25, -0.2) is 4.79 Å². The summed E-state index contributed by atoms with van der Waals surface area (Å²) in [7, 11) is 1.63. The van der Waals surface area contributed by atoms with Crippen LogP contribution in [0.2, 0.25) is 0 Å². The molecule has 0 radical (unpaired) electrons. The summed E-state index contributed by atoms with van der Waals surface area (Å²) in [6, 6.07) is 13.4. The van der Waals surface area contributed by atoms with Gasteiger partial charge >= 0.3 is 6.03 Å². The third kappa shape index (κ3) is 4.62. The minimum atomic E-state index is -0.0900. The van der Waals surface area contributed by atoms with Gasteiger partial charge in [0.1, 0.15) is 5.75 Å². The molecule has 0 atom stereocenters. The lowest BCUT2D eigenvalue weighted by atomic mass is 10.0. The highest BCUT2D eigenvalue weighted by atomic mass is 16.7. The second kappa shape index (κ2) is 9.26. The first-order valence-electron chi connectivity index (χ1n) is 10.5. The summed E-state index contributed by atoms with van der Waals surface area (Å²) >= 11 is 0. The van der Waals surface area contributed by atoms with Crippen LogP contribution in [-0.4, -0.2) is 55.4 Å². The topological polar surface area (TPSA) is 63.3 Å². The second-order valence-electron chi connectivity index (χ2n) is 7.64. The number of benzene rings is 2. The number of hydrogen-bond acceptors (Lipinski definition) is 5. The summed E-state index contributed by atoms with van der Waals surface area (Å²) in [4.78, 5) is 17.6. The molecule has 0 bridgehead atoms. The van der Waals surface area contributed by atoms with Crippen molar-refractivity contribution in [2.75, 3.05) is 38.9 Å². The van der Waals surface area contributed by atoms with Crippen LogP contribution in [0.1, 0.15) is 25.3 Å². The summed E-state index contributed by atoms with van der Waals surface area (Å²) in [5, 5.41) is 3.05. The summed E-state index contributed by atoms with van der Waals surface area (Å²) < 4.78 is 16.1. The van der Waals surface area contributed by atoms with Crippen molar-refractivity contribution in [3.63, 3.8) is 0 Å². The van der Waals surface area contributed by atoms with Crippen LogP contribution in [0, 0.1) is 0 Å². The predicted molar refractivity (Wildman–Crippen MR) is 115 cm³/mol. The monoisotopic (exact) mass is 411 g/mol. The Bertz CT molecular complexity index is 863. The van der Waals surface area contributed by atoms with Crippen molar-refractivity contribution < 1.29 is 19.0 Å². The number of anilines is 1. The highest BCUT2D eigenvalue weighted by Crippen LogP contribution is 2.33. The van der Waals surface area contributed by atoms with E-state index in [-0.39, 0.29) is 18.9 Å².